The summed E-state index contributed by atoms with van der Waals surface area (Å²) in [7, 11) is 0. The molecule has 0 unspecified atom stereocenters. The Morgan fingerprint density at radius 2 is 1.80 bits per heavy atom. The third kappa shape index (κ3) is 1.69. The Hall–Kier alpha value is -1.51. The molecule has 0 radical (unpaired) electrons. The number of rotatable bonds is 0. The maximum Gasteiger partial charge on any atom is 0.519 e. The van der Waals surface area contributed by atoms with Gasteiger partial charge in [0.1, 0.15) is 0 Å². The molecule has 0 aliphatic rings. The van der Waals surface area contributed by atoms with Crippen molar-refractivity contribution in [2.45, 2.75) is 33.1 Å². The van der Waals surface area contributed by atoms with Gasteiger partial charge in [-0.05, 0) is 29.5 Å². The van der Waals surface area contributed by atoms with Crippen molar-refractivity contribution in [3.05, 3.63) is 33.9 Å². The highest BCUT2D eigenvalue weighted by Gasteiger charge is 2.17. The minimum atomic E-state index is -0.640. The third-order valence-electron chi connectivity index (χ3n) is 2.49. The molecule has 0 N–H and O–H groups in total. The van der Waals surface area contributed by atoms with Gasteiger partial charge >= 0.3 is 5.82 Å². The van der Waals surface area contributed by atoms with Gasteiger partial charge in [0.2, 0.25) is 0 Å². The van der Waals surface area contributed by atoms with Gasteiger partial charge in [-0.2, -0.15) is 0 Å². The van der Waals surface area contributed by atoms with E-state index >= 15 is 0 Å². The molecule has 0 spiro atoms. The highest BCUT2D eigenvalue weighted by molar-refractivity contribution is 5.75. The van der Waals surface area contributed by atoms with Crippen LogP contribution in [-0.4, -0.2) is 0 Å². The lowest BCUT2D eigenvalue weighted by Crippen LogP contribution is -2.10. The molecule has 0 amide bonds. The quantitative estimate of drug-likeness (QED) is 0.665. The molecule has 2 rings (SSSR count). The lowest BCUT2D eigenvalue weighted by Gasteiger charge is -2.18. The normalized spacial score (nSPS) is 12.3. The van der Waals surface area contributed by atoms with Crippen LogP contribution in [0.3, 0.4) is 0 Å². The van der Waals surface area contributed by atoms with E-state index in [2.05, 4.69) is 20.8 Å². The summed E-state index contributed by atoms with van der Waals surface area (Å²) in [5, 5.41) is 0. The number of hydrogen-bond acceptors (Lipinski definition) is 3. The first-order valence-corrected chi connectivity index (χ1v) is 4.93. The van der Waals surface area contributed by atoms with Gasteiger partial charge in [0.05, 0.1) is 0 Å². The van der Waals surface area contributed by atoms with Gasteiger partial charge in [0, 0.05) is 0 Å². The van der Waals surface area contributed by atoms with Gasteiger partial charge in [-0.1, -0.05) is 26.8 Å². The number of aryl methyl sites for hydroxylation is 1. The summed E-state index contributed by atoms with van der Waals surface area (Å²) in [6.07, 6.45) is 0. The summed E-state index contributed by atoms with van der Waals surface area (Å²) in [6.45, 7) is 8.26. The van der Waals surface area contributed by atoms with Gasteiger partial charge in [0.25, 0.3) is 0 Å². The number of fused-ring (bicyclic) bond motifs is 1. The molecule has 0 aliphatic heterocycles. The Balaban J connectivity index is 2.78. The van der Waals surface area contributed by atoms with E-state index in [9.17, 15) is 4.79 Å². The van der Waals surface area contributed by atoms with Gasteiger partial charge in [0.15, 0.2) is 11.2 Å². The summed E-state index contributed by atoms with van der Waals surface area (Å²) < 4.78 is 9.91. The first-order valence-electron chi connectivity index (χ1n) is 4.93. The highest BCUT2D eigenvalue weighted by atomic mass is 16.6. The molecule has 2 aromatic rings. The van der Waals surface area contributed by atoms with Gasteiger partial charge in [-0.25, -0.2) is 4.79 Å². The SMILES string of the molecule is Cc1cc(C(C)(C)C)cc2oc(=O)oc12. The lowest BCUT2D eigenvalue weighted by molar-refractivity contribution is 0.409. The molecule has 0 fully saturated rings. The van der Waals surface area contributed by atoms with Crippen LogP contribution in [0.2, 0.25) is 0 Å². The topological polar surface area (TPSA) is 43.4 Å². The number of hydrogen-bond donors (Lipinski definition) is 0. The summed E-state index contributed by atoms with van der Waals surface area (Å²) >= 11 is 0. The van der Waals surface area contributed by atoms with Gasteiger partial charge in [-0.3, -0.25) is 0 Å². The van der Waals surface area contributed by atoms with E-state index in [1.807, 2.05) is 19.1 Å². The smallest absolute Gasteiger partial charge is 0.391 e. The molecule has 15 heavy (non-hydrogen) atoms. The maximum atomic E-state index is 11.0. The molecular formula is C12H14O3. The Bertz CT molecular complexity index is 552. The lowest BCUT2D eigenvalue weighted by atomic mass is 9.86. The van der Waals surface area contributed by atoms with Crippen LogP contribution < -0.4 is 5.82 Å². The molecule has 0 atom stereocenters. The van der Waals surface area contributed by atoms with Crippen molar-refractivity contribution in [3.63, 3.8) is 0 Å². The van der Waals surface area contributed by atoms with Crippen LogP contribution in [0.25, 0.3) is 11.2 Å². The standard InChI is InChI=1S/C12H14O3/c1-7-5-8(12(2,3)4)6-9-10(7)15-11(13)14-9/h5-6H,1-4H3. The second-order valence-electron chi connectivity index (χ2n) is 4.82. The van der Waals surface area contributed by atoms with Crippen LogP contribution in [0.15, 0.2) is 25.8 Å². The Labute approximate surface area is 87.7 Å². The average molecular weight is 206 g/mol. The zero-order valence-corrected chi connectivity index (χ0v) is 9.38. The molecule has 3 nitrogen and oxygen atoms in total. The van der Waals surface area contributed by atoms with E-state index in [0.717, 1.165) is 11.1 Å². The molecule has 0 aliphatic carbocycles. The largest absolute Gasteiger partial charge is 0.519 e. The van der Waals surface area contributed by atoms with Crippen molar-refractivity contribution in [2.24, 2.45) is 0 Å². The van der Waals surface area contributed by atoms with Crippen molar-refractivity contribution in [1.82, 2.24) is 0 Å². The second kappa shape index (κ2) is 2.99. The molecule has 80 valence electrons. The minimum Gasteiger partial charge on any atom is -0.391 e. The van der Waals surface area contributed by atoms with E-state index in [1.165, 1.54) is 0 Å². The first kappa shape index (κ1) is 10.0. The zero-order chi connectivity index (χ0) is 11.2. The molecule has 1 heterocycles. The van der Waals surface area contributed by atoms with Gasteiger partial charge < -0.3 is 8.83 Å². The Kier molecular flexibility index (Phi) is 2.00. The van der Waals surface area contributed by atoms with Crippen LogP contribution in [-0.2, 0) is 5.41 Å². The summed E-state index contributed by atoms with van der Waals surface area (Å²) in [4.78, 5) is 11.0. The monoisotopic (exact) mass is 206 g/mol. The fraction of sp³-hybridized carbons (Fsp3) is 0.417. The fourth-order valence-corrected chi connectivity index (χ4v) is 1.58. The van der Waals surface area contributed by atoms with E-state index in [4.69, 9.17) is 8.83 Å². The van der Waals surface area contributed by atoms with Crippen molar-refractivity contribution in [1.29, 1.82) is 0 Å². The number of benzene rings is 1. The molecule has 0 saturated heterocycles. The highest BCUT2D eigenvalue weighted by Crippen LogP contribution is 2.28. The minimum absolute atomic E-state index is 0.0365. The molecule has 1 aromatic heterocycles. The Morgan fingerprint density at radius 3 is 2.40 bits per heavy atom. The Morgan fingerprint density at radius 1 is 1.13 bits per heavy atom. The summed E-state index contributed by atoms with van der Waals surface area (Å²) in [6, 6.07) is 3.90. The molecule has 0 bridgehead atoms. The van der Waals surface area contributed by atoms with Crippen LogP contribution in [0, 0.1) is 6.92 Å². The average Bonchev–Trinajstić information content (AvgIpc) is 2.44. The van der Waals surface area contributed by atoms with Crippen LogP contribution in [0.5, 0.6) is 0 Å². The van der Waals surface area contributed by atoms with Crippen molar-refractivity contribution < 1.29 is 8.83 Å². The van der Waals surface area contributed by atoms with E-state index in [-0.39, 0.29) is 5.41 Å². The molecule has 1 aromatic carbocycles. The van der Waals surface area contributed by atoms with E-state index in [0.29, 0.717) is 11.2 Å². The molecular weight excluding hydrogens is 192 g/mol. The van der Waals surface area contributed by atoms with Crippen LogP contribution in [0.1, 0.15) is 31.9 Å². The van der Waals surface area contributed by atoms with Crippen LogP contribution >= 0.6 is 0 Å². The predicted octanol–water partition coefficient (Wildman–Crippen LogP) is 2.99. The van der Waals surface area contributed by atoms with Crippen molar-refractivity contribution in [3.8, 4) is 0 Å². The van der Waals surface area contributed by atoms with E-state index in [1.54, 1.807) is 0 Å². The van der Waals surface area contributed by atoms with E-state index < -0.39 is 5.82 Å². The molecule has 3 heteroatoms. The van der Waals surface area contributed by atoms with Crippen molar-refractivity contribution >= 4 is 11.2 Å². The fourth-order valence-electron chi connectivity index (χ4n) is 1.58. The third-order valence-corrected chi connectivity index (χ3v) is 2.49. The first-order chi connectivity index (χ1) is 6.88. The van der Waals surface area contributed by atoms with Crippen molar-refractivity contribution in [2.75, 3.05) is 0 Å². The maximum absolute atomic E-state index is 11.0. The summed E-state index contributed by atoms with van der Waals surface area (Å²) in [5.41, 5.74) is 3.19. The van der Waals surface area contributed by atoms with Gasteiger partial charge in [-0.15, -0.1) is 0 Å². The summed E-state index contributed by atoms with van der Waals surface area (Å²) in [5.74, 6) is -0.640. The zero-order valence-electron chi connectivity index (χ0n) is 9.38. The predicted molar refractivity (Wildman–Crippen MR) is 58.2 cm³/mol. The van der Waals surface area contributed by atoms with Crippen LogP contribution in [0.4, 0.5) is 0 Å². The molecule has 0 saturated carbocycles. The second-order valence-corrected chi connectivity index (χ2v) is 4.82.